The van der Waals surface area contributed by atoms with Crippen molar-refractivity contribution in [3.63, 3.8) is 0 Å². The highest BCUT2D eigenvalue weighted by molar-refractivity contribution is 7.83. The molecule has 0 fully saturated rings. The van der Waals surface area contributed by atoms with Gasteiger partial charge < -0.3 is 10.1 Å². The monoisotopic (exact) mass is 412 g/mol. The van der Waals surface area contributed by atoms with Gasteiger partial charge in [-0.3, -0.25) is 0 Å². The van der Waals surface area contributed by atoms with Gasteiger partial charge in [-0.25, -0.2) is 13.6 Å². The van der Waals surface area contributed by atoms with Gasteiger partial charge in [0.25, 0.3) is 0 Å². The number of benzene rings is 2. The van der Waals surface area contributed by atoms with Crippen molar-refractivity contribution in [1.29, 1.82) is 0 Å². The van der Waals surface area contributed by atoms with Crippen LogP contribution in [-0.4, -0.2) is 37.8 Å². The van der Waals surface area contributed by atoms with E-state index in [1.54, 1.807) is 32.3 Å². The molecule has 2 N–H and O–H groups in total. The Morgan fingerprint density at radius 1 is 1.14 bits per heavy atom. The summed E-state index contributed by atoms with van der Waals surface area (Å²) in [6.45, 7) is 0. The van der Waals surface area contributed by atoms with Crippen LogP contribution in [0.2, 0.25) is 0 Å². The van der Waals surface area contributed by atoms with E-state index in [0.717, 1.165) is 0 Å². The van der Waals surface area contributed by atoms with Gasteiger partial charge in [-0.15, -0.1) is 18.3 Å². The Morgan fingerprint density at radius 2 is 1.86 bits per heavy atom. The molecule has 3 aromatic rings. The van der Waals surface area contributed by atoms with E-state index in [1.807, 2.05) is 0 Å². The van der Waals surface area contributed by atoms with Crippen LogP contribution >= 0.6 is 0 Å². The lowest BCUT2D eigenvalue weighted by molar-refractivity contribution is -0.274. The summed E-state index contributed by atoms with van der Waals surface area (Å²) in [5.74, 6) is 0.102. The molecule has 1 atom stereocenters. The maximum atomic E-state index is 12.3. The predicted octanol–water partition coefficient (Wildman–Crippen LogP) is 2.76. The summed E-state index contributed by atoms with van der Waals surface area (Å²) < 4.78 is 56.9. The van der Waals surface area contributed by atoms with Crippen LogP contribution in [-0.2, 0) is 18.0 Å². The van der Waals surface area contributed by atoms with Gasteiger partial charge in [0.1, 0.15) is 16.7 Å². The van der Waals surface area contributed by atoms with Crippen molar-refractivity contribution in [2.75, 3.05) is 12.4 Å². The minimum Gasteiger partial charge on any atom is -0.406 e. The largest absolute Gasteiger partial charge is 0.573 e. The molecule has 0 saturated carbocycles. The van der Waals surface area contributed by atoms with Gasteiger partial charge >= 0.3 is 6.36 Å². The number of ether oxygens (including phenoxy) is 1. The third-order valence-electron chi connectivity index (χ3n) is 3.62. The highest BCUT2D eigenvalue weighted by Crippen LogP contribution is 2.31. The molecule has 0 spiro atoms. The van der Waals surface area contributed by atoms with Crippen LogP contribution in [0.1, 0.15) is 0 Å². The Labute approximate surface area is 160 Å². The number of anilines is 2. The van der Waals surface area contributed by atoms with Gasteiger partial charge in [-0.2, -0.15) is 0 Å². The summed E-state index contributed by atoms with van der Waals surface area (Å²) in [5.41, 5.74) is 1.68. The van der Waals surface area contributed by atoms with E-state index in [4.69, 9.17) is 0 Å². The highest BCUT2D eigenvalue weighted by atomic mass is 32.2. The van der Waals surface area contributed by atoms with Crippen molar-refractivity contribution >= 4 is 22.4 Å². The zero-order valence-electron chi connectivity index (χ0n) is 14.7. The van der Waals surface area contributed by atoms with Gasteiger partial charge in [0, 0.05) is 24.0 Å². The lowest BCUT2D eigenvalue weighted by Gasteiger charge is -2.14. The molecule has 0 radical (unpaired) electrons. The number of halogens is 3. The Balaban J connectivity index is 1.93. The van der Waals surface area contributed by atoms with Crippen molar-refractivity contribution in [3.8, 4) is 17.1 Å². The third-order valence-corrected chi connectivity index (χ3v) is 4.67. The SMILES string of the molecule is CNS(=O)c1ccc(Nc2ccc(OC(F)(F)F)cc2)c(-c2nnnn2C)c1. The summed E-state index contributed by atoms with van der Waals surface area (Å²) in [6, 6.07) is 10.3. The number of aryl methyl sites for hydroxylation is 1. The summed E-state index contributed by atoms with van der Waals surface area (Å²) in [7, 11) is 1.81. The number of hydrogen-bond acceptors (Lipinski definition) is 6. The average molecular weight is 412 g/mol. The lowest BCUT2D eigenvalue weighted by atomic mass is 10.1. The first-order valence-corrected chi connectivity index (χ1v) is 9.00. The standard InChI is InChI=1S/C16H15F3N6O2S/c1-20-28(26)12-7-8-14(13(9-12)15-22-23-24-25(15)2)21-10-3-5-11(6-4-10)27-16(17,18)19/h3-9,20-21H,1-2H3. The zero-order chi connectivity index (χ0) is 20.3. The van der Waals surface area contributed by atoms with E-state index in [2.05, 4.69) is 30.3 Å². The average Bonchev–Trinajstić information content (AvgIpc) is 3.07. The second-order valence-corrected chi connectivity index (χ2v) is 6.92. The highest BCUT2D eigenvalue weighted by Gasteiger charge is 2.31. The van der Waals surface area contributed by atoms with Crippen molar-refractivity contribution in [2.24, 2.45) is 7.05 Å². The molecule has 1 aromatic heterocycles. The molecule has 8 nitrogen and oxygen atoms in total. The third kappa shape index (κ3) is 4.64. The summed E-state index contributed by atoms with van der Waals surface area (Å²) in [6.07, 6.45) is -4.75. The normalized spacial score (nSPS) is 12.6. The van der Waals surface area contributed by atoms with E-state index in [9.17, 15) is 17.4 Å². The van der Waals surface area contributed by atoms with Crippen LogP contribution in [0.5, 0.6) is 5.75 Å². The maximum Gasteiger partial charge on any atom is 0.573 e. The van der Waals surface area contributed by atoms with Gasteiger partial charge in [0.15, 0.2) is 5.82 Å². The molecule has 2 aromatic carbocycles. The van der Waals surface area contributed by atoms with E-state index < -0.39 is 17.3 Å². The first-order valence-electron chi connectivity index (χ1n) is 7.85. The topological polar surface area (TPSA) is 94.0 Å². The first kappa shape index (κ1) is 19.8. The molecule has 148 valence electrons. The number of rotatable bonds is 6. The number of alkyl halides is 3. The van der Waals surface area contributed by atoms with Crippen LogP contribution in [0.15, 0.2) is 47.4 Å². The van der Waals surface area contributed by atoms with E-state index in [-0.39, 0.29) is 5.75 Å². The molecule has 1 unspecified atom stereocenters. The molecule has 0 bridgehead atoms. The minimum atomic E-state index is -4.75. The quantitative estimate of drug-likeness (QED) is 0.647. The first-order chi connectivity index (χ1) is 13.3. The molecule has 3 rings (SSSR count). The van der Waals surface area contributed by atoms with Crippen molar-refractivity contribution in [2.45, 2.75) is 11.3 Å². The predicted molar refractivity (Wildman–Crippen MR) is 96.1 cm³/mol. The van der Waals surface area contributed by atoms with E-state index in [1.165, 1.54) is 28.9 Å². The molecule has 0 saturated heterocycles. The molecular formula is C16H15F3N6O2S. The Bertz CT molecular complexity index is 991. The number of aromatic nitrogens is 4. The van der Waals surface area contributed by atoms with Crippen LogP contribution in [0.25, 0.3) is 11.4 Å². The molecule has 0 aliphatic carbocycles. The second-order valence-electron chi connectivity index (χ2n) is 5.50. The van der Waals surface area contributed by atoms with Gasteiger partial charge in [0.05, 0.1) is 4.90 Å². The van der Waals surface area contributed by atoms with Crippen LogP contribution < -0.4 is 14.8 Å². The fourth-order valence-corrected chi connectivity index (χ4v) is 3.06. The Hall–Kier alpha value is -2.99. The molecule has 0 aliphatic rings. The molecule has 0 aliphatic heterocycles. The fraction of sp³-hybridized carbons (Fsp3) is 0.188. The maximum absolute atomic E-state index is 12.3. The minimum absolute atomic E-state index is 0.324. The van der Waals surface area contributed by atoms with Gasteiger partial charge in [0.2, 0.25) is 0 Å². The van der Waals surface area contributed by atoms with Gasteiger partial charge in [-0.1, -0.05) is 0 Å². The number of nitrogens with zero attached hydrogens (tertiary/aromatic N) is 4. The van der Waals surface area contributed by atoms with Crippen molar-refractivity contribution < 1.29 is 22.1 Å². The van der Waals surface area contributed by atoms with Crippen LogP contribution in [0.3, 0.4) is 0 Å². The molecule has 28 heavy (non-hydrogen) atoms. The van der Waals surface area contributed by atoms with Crippen LogP contribution in [0, 0.1) is 0 Å². The van der Waals surface area contributed by atoms with Crippen molar-refractivity contribution in [3.05, 3.63) is 42.5 Å². The number of nitrogens with one attached hydrogen (secondary N) is 2. The van der Waals surface area contributed by atoms with E-state index >= 15 is 0 Å². The van der Waals surface area contributed by atoms with Crippen molar-refractivity contribution in [1.82, 2.24) is 24.9 Å². The summed E-state index contributed by atoms with van der Waals surface area (Å²) in [5, 5.41) is 14.5. The summed E-state index contributed by atoms with van der Waals surface area (Å²) in [4.78, 5) is 0.514. The Kier molecular flexibility index (Phi) is 5.61. The van der Waals surface area contributed by atoms with Gasteiger partial charge in [-0.05, 0) is 59.9 Å². The van der Waals surface area contributed by atoms with Crippen LogP contribution in [0.4, 0.5) is 24.5 Å². The molecule has 12 heteroatoms. The summed E-state index contributed by atoms with van der Waals surface area (Å²) >= 11 is 0. The number of tetrazole rings is 1. The molecule has 1 heterocycles. The Morgan fingerprint density at radius 3 is 2.43 bits per heavy atom. The fourth-order valence-electron chi connectivity index (χ4n) is 2.40. The van der Waals surface area contributed by atoms with E-state index in [0.29, 0.717) is 27.7 Å². The number of hydrogen-bond donors (Lipinski definition) is 2. The second kappa shape index (κ2) is 7.94. The lowest BCUT2D eigenvalue weighted by Crippen LogP contribution is -2.16. The molecular weight excluding hydrogens is 397 g/mol. The smallest absolute Gasteiger partial charge is 0.406 e. The zero-order valence-corrected chi connectivity index (χ0v) is 15.5. The molecule has 0 amide bonds.